The van der Waals surface area contributed by atoms with Gasteiger partial charge in [0.05, 0.1) is 19.1 Å². The van der Waals surface area contributed by atoms with Gasteiger partial charge in [0.1, 0.15) is 12.1 Å². The Bertz CT molecular complexity index is 1190. The summed E-state index contributed by atoms with van der Waals surface area (Å²) in [5, 5.41) is 4.97. The van der Waals surface area contributed by atoms with E-state index in [-0.39, 0.29) is 42.0 Å². The average molecular weight is 551 g/mol. The number of piperidine rings is 1. The third kappa shape index (κ3) is 6.09. The number of benzene rings is 1. The molecule has 0 aliphatic carbocycles. The molecule has 0 radical (unpaired) electrons. The van der Waals surface area contributed by atoms with Gasteiger partial charge in [0.25, 0.3) is 5.91 Å². The highest BCUT2D eigenvalue weighted by molar-refractivity contribution is 7.13. The number of amides is 3. The molecule has 5 rings (SSSR count). The van der Waals surface area contributed by atoms with E-state index in [1.165, 1.54) is 6.42 Å². The van der Waals surface area contributed by atoms with Gasteiger partial charge in [-0.1, -0.05) is 38.5 Å². The predicted octanol–water partition coefficient (Wildman–Crippen LogP) is 3.43. The summed E-state index contributed by atoms with van der Waals surface area (Å²) in [5.74, 6) is -0.487. The Morgan fingerprint density at radius 1 is 1.00 bits per heavy atom. The van der Waals surface area contributed by atoms with E-state index in [1.54, 1.807) is 33.3 Å². The fourth-order valence-electron chi connectivity index (χ4n) is 6.15. The van der Waals surface area contributed by atoms with E-state index in [0.717, 1.165) is 36.4 Å². The van der Waals surface area contributed by atoms with Crippen LogP contribution in [-0.2, 0) is 14.4 Å². The molecule has 3 aliphatic heterocycles. The zero-order valence-electron chi connectivity index (χ0n) is 22.8. The van der Waals surface area contributed by atoms with Crippen LogP contribution in [0, 0.1) is 5.92 Å². The Morgan fingerprint density at radius 2 is 1.74 bits per heavy atom. The van der Waals surface area contributed by atoms with Crippen molar-refractivity contribution in [1.29, 1.82) is 0 Å². The molecule has 3 amide bonds. The Morgan fingerprint density at radius 3 is 2.41 bits per heavy atom. The molecule has 3 atom stereocenters. The first-order valence-electron chi connectivity index (χ1n) is 14.1. The quantitative estimate of drug-likeness (QED) is 0.544. The third-order valence-electron chi connectivity index (χ3n) is 8.10. The molecule has 0 saturated carbocycles. The lowest BCUT2D eigenvalue weighted by molar-refractivity contribution is -0.138. The summed E-state index contributed by atoms with van der Waals surface area (Å²) < 4.78 is 0. The Kier molecular flexibility index (Phi) is 8.47. The summed E-state index contributed by atoms with van der Waals surface area (Å²) in [4.78, 5) is 59.8. The average Bonchev–Trinajstić information content (AvgIpc) is 3.68. The fourth-order valence-corrected chi connectivity index (χ4v) is 6.89. The highest BCUT2D eigenvalue weighted by Crippen LogP contribution is 2.31. The van der Waals surface area contributed by atoms with Crippen molar-refractivity contribution >= 4 is 34.8 Å². The van der Waals surface area contributed by atoms with Crippen LogP contribution in [0.15, 0.2) is 41.8 Å². The van der Waals surface area contributed by atoms with Gasteiger partial charge in [-0.2, -0.15) is 0 Å². The molecule has 0 spiro atoms. The van der Waals surface area contributed by atoms with Crippen LogP contribution in [-0.4, -0.2) is 89.1 Å². The van der Waals surface area contributed by atoms with Crippen LogP contribution in [0.1, 0.15) is 56.3 Å². The zero-order valence-corrected chi connectivity index (χ0v) is 23.6. The molecular weight excluding hydrogens is 512 g/mol. The van der Waals surface area contributed by atoms with E-state index in [2.05, 4.69) is 10.2 Å². The van der Waals surface area contributed by atoms with Gasteiger partial charge < -0.3 is 15.1 Å². The number of nitrogens with one attached hydrogen (secondary N) is 1. The lowest BCUT2D eigenvalue weighted by Gasteiger charge is -2.30. The van der Waals surface area contributed by atoms with E-state index < -0.39 is 12.1 Å². The number of nitrogens with zero attached hydrogens (tertiary/aromatic N) is 3. The van der Waals surface area contributed by atoms with Crippen LogP contribution < -0.4 is 5.32 Å². The van der Waals surface area contributed by atoms with E-state index in [4.69, 9.17) is 0 Å². The Hall–Kier alpha value is -3.04. The third-order valence-corrected chi connectivity index (χ3v) is 9.02. The van der Waals surface area contributed by atoms with Crippen molar-refractivity contribution in [1.82, 2.24) is 20.0 Å². The van der Waals surface area contributed by atoms with Crippen LogP contribution in [0.3, 0.4) is 0 Å². The van der Waals surface area contributed by atoms with Crippen molar-refractivity contribution in [2.75, 3.05) is 32.7 Å². The maximum atomic E-state index is 13.8. The molecule has 208 valence electrons. The monoisotopic (exact) mass is 550 g/mol. The van der Waals surface area contributed by atoms with Crippen molar-refractivity contribution in [3.63, 3.8) is 0 Å². The highest BCUT2D eigenvalue weighted by atomic mass is 32.1. The number of hydrogen-bond acceptors (Lipinski definition) is 6. The molecule has 1 aromatic carbocycles. The minimum Gasteiger partial charge on any atom is -0.340 e. The van der Waals surface area contributed by atoms with Gasteiger partial charge in [0.2, 0.25) is 11.8 Å². The lowest BCUT2D eigenvalue weighted by atomic mass is 10.0. The largest absolute Gasteiger partial charge is 0.340 e. The van der Waals surface area contributed by atoms with Crippen molar-refractivity contribution in [3.8, 4) is 10.4 Å². The van der Waals surface area contributed by atoms with Crippen molar-refractivity contribution in [2.24, 2.45) is 5.92 Å². The number of thiophene rings is 1. The number of fused-ring (bicyclic) bond motifs is 1. The van der Waals surface area contributed by atoms with Crippen molar-refractivity contribution < 1.29 is 19.2 Å². The van der Waals surface area contributed by atoms with Crippen LogP contribution >= 0.6 is 11.3 Å². The lowest BCUT2D eigenvalue weighted by Crippen LogP contribution is -2.53. The number of Topliss-reactive ketones (excluding diaryl/α,β-unsaturated/α-hetero) is 1. The van der Waals surface area contributed by atoms with E-state index in [0.29, 0.717) is 31.5 Å². The van der Waals surface area contributed by atoms with Gasteiger partial charge in [-0.25, -0.2) is 0 Å². The molecule has 4 heterocycles. The summed E-state index contributed by atoms with van der Waals surface area (Å²) in [5.41, 5.74) is 1.53. The first-order valence-corrected chi connectivity index (χ1v) is 15.0. The molecule has 3 unspecified atom stereocenters. The van der Waals surface area contributed by atoms with Gasteiger partial charge in [-0.3, -0.25) is 24.1 Å². The number of likely N-dealkylation sites (tertiary alicyclic amines) is 3. The maximum Gasteiger partial charge on any atom is 0.251 e. The molecule has 1 N–H and O–H groups in total. The molecule has 3 fully saturated rings. The van der Waals surface area contributed by atoms with Crippen molar-refractivity contribution in [3.05, 3.63) is 47.3 Å². The SMILES string of the molecule is CC(C)CC(NC(=O)c1ccc(-c2cccs2)cc1)C(=O)N1CCC2C1C(=O)CN2C(=O)CN1CCCCC1. The van der Waals surface area contributed by atoms with Gasteiger partial charge in [-0.15, -0.1) is 11.3 Å². The molecule has 8 nitrogen and oxygen atoms in total. The summed E-state index contributed by atoms with van der Waals surface area (Å²) in [6, 6.07) is 9.77. The molecule has 39 heavy (non-hydrogen) atoms. The number of carbonyl (C=O) groups is 4. The molecule has 1 aromatic heterocycles. The van der Waals surface area contributed by atoms with Gasteiger partial charge in [-0.05, 0) is 73.8 Å². The van der Waals surface area contributed by atoms with E-state index >= 15 is 0 Å². The minimum atomic E-state index is -0.737. The second-order valence-electron chi connectivity index (χ2n) is 11.4. The molecule has 9 heteroatoms. The first-order chi connectivity index (χ1) is 18.8. The van der Waals surface area contributed by atoms with Crippen LogP contribution in [0.4, 0.5) is 0 Å². The Balaban J connectivity index is 1.25. The number of ketones is 1. The molecular formula is C30H38N4O4S. The number of carbonyl (C=O) groups excluding carboxylic acids is 4. The second-order valence-corrected chi connectivity index (χ2v) is 12.3. The van der Waals surface area contributed by atoms with Gasteiger partial charge in [0, 0.05) is 17.0 Å². The van der Waals surface area contributed by atoms with Crippen LogP contribution in [0.5, 0.6) is 0 Å². The zero-order chi connectivity index (χ0) is 27.5. The van der Waals surface area contributed by atoms with Crippen LogP contribution in [0.25, 0.3) is 10.4 Å². The van der Waals surface area contributed by atoms with Crippen molar-refractivity contribution in [2.45, 2.75) is 64.1 Å². The molecule has 3 aliphatic rings. The summed E-state index contributed by atoms with van der Waals surface area (Å²) in [6.07, 6.45) is 4.45. The first kappa shape index (κ1) is 27.5. The second kappa shape index (κ2) is 12.0. The summed E-state index contributed by atoms with van der Waals surface area (Å²) >= 11 is 1.64. The molecule has 0 bridgehead atoms. The van der Waals surface area contributed by atoms with E-state index in [9.17, 15) is 19.2 Å². The summed E-state index contributed by atoms with van der Waals surface area (Å²) in [6.45, 7) is 6.66. The smallest absolute Gasteiger partial charge is 0.251 e. The fraction of sp³-hybridized carbons (Fsp3) is 0.533. The highest BCUT2D eigenvalue weighted by Gasteiger charge is 2.52. The Labute approximate surface area is 234 Å². The van der Waals surface area contributed by atoms with Gasteiger partial charge >= 0.3 is 0 Å². The van der Waals surface area contributed by atoms with E-state index in [1.807, 2.05) is 43.5 Å². The molecule has 3 saturated heterocycles. The minimum absolute atomic E-state index is 0.0231. The molecule has 2 aromatic rings. The summed E-state index contributed by atoms with van der Waals surface area (Å²) in [7, 11) is 0. The number of rotatable bonds is 8. The standard InChI is InChI=1S/C30H38N4O4S/c1-20(2)17-23(31-29(37)22-10-8-21(9-11-22)26-7-6-16-39-26)30(38)33-15-12-24-28(33)25(35)18-34(24)27(36)19-32-13-4-3-5-14-32/h6-11,16,20,23-24,28H,3-5,12-15,17-19H2,1-2H3,(H,31,37). The maximum absolute atomic E-state index is 13.8. The topological polar surface area (TPSA) is 90.0 Å². The van der Waals surface area contributed by atoms with Crippen LogP contribution in [0.2, 0.25) is 0 Å². The van der Waals surface area contributed by atoms with Gasteiger partial charge in [0.15, 0.2) is 5.78 Å². The normalized spacial score (nSPS) is 22.3. The predicted molar refractivity (Wildman–Crippen MR) is 151 cm³/mol. The number of hydrogen-bond donors (Lipinski definition) is 1.